The standard InChI is InChI=1S/C12H23N3O/c1-6-10(8-16-5)15-9-14-7-11(15)12(2,3)13-4/h7,9-10,13H,6,8H2,1-5H3. The molecule has 0 aromatic carbocycles. The van der Waals surface area contributed by atoms with Gasteiger partial charge in [0.05, 0.1) is 36.4 Å². The minimum Gasteiger partial charge on any atom is -0.383 e. The lowest BCUT2D eigenvalue weighted by Crippen LogP contribution is -2.36. The Bertz CT molecular complexity index is 320. The number of nitrogens with one attached hydrogen (secondary N) is 1. The largest absolute Gasteiger partial charge is 0.383 e. The highest BCUT2D eigenvalue weighted by Crippen LogP contribution is 2.23. The lowest BCUT2D eigenvalue weighted by atomic mass is 10.0. The van der Waals surface area contributed by atoms with Gasteiger partial charge in [-0.05, 0) is 27.3 Å². The molecule has 1 rings (SSSR count). The third-order valence-corrected chi connectivity index (χ3v) is 3.16. The molecule has 0 saturated heterocycles. The molecule has 0 amide bonds. The molecule has 0 radical (unpaired) electrons. The van der Waals surface area contributed by atoms with E-state index in [1.54, 1.807) is 7.11 Å². The van der Waals surface area contributed by atoms with Gasteiger partial charge in [-0.25, -0.2) is 4.98 Å². The third kappa shape index (κ3) is 2.62. The quantitative estimate of drug-likeness (QED) is 0.804. The van der Waals surface area contributed by atoms with Gasteiger partial charge in [0.15, 0.2) is 0 Å². The van der Waals surface area contributed by atoms with E-state index in [-0.39, 0.29) is 5.54 Å². The summed E-state index contributed by atoms with van der Waals surface area (Å²) in [6, 6.07) is 0.357. The molecule has 1 atom stereocenters. The first-order valence-electron chi connectivity index (χ1n) is 5.77. The molecular formula is C12H23N3O. The Kier molecular flexibility index (Phi) is 4.50. The molecular weight excluding hydrogens is 202 g/mol. The molecule has 92 valence electrons. The summed E-state index contributed by atoms with van der Waals surface area (Å²) >= 11 is 0. The van der Waals surface area contributed by atoms with Gasteiger partial charge in [0.25, 0.3) is 0 Å². The third-order valence-electron chi connectivity index (χ3n) is 3.16. The fraction of sp³-hybridized carbons (Fsp3) is 0.750. The van der Waals surface area contributed by atoms with Crippen LogP contribution in [-0.2, 0) is 10.3 Å². The van der Waals surface area contributed by atoms with Crippen LogP contribution in [0.2, 0.25) is 0 Å². The molecule has 1 heterocycles. The highest BCUT2D eigenvalue weighted by molar-refractivity contribution is 5.12. The minimum absolute atomic E-state index is 0.0718. The van der Waals surface area contributed by atoms with Crippen molar-refractivity contribution < 1.29 is 4.74 Å². The molecule has 0 spiro atoms. The van der Waals surface area contributed by atoms with E-state index in [2.05, 4.69) is 35.6 Å². The Morgan fingerprint density at radius 2 is 2.25 bits per heavy atom. The van der Waals surface area contributed by atoms with Crippen LogP contribution in [0.4, 0.5) is 0 Å². The monoisotopic (exact) mass is 225 g/mol. The predicted octanol–water partition coefficient (Wildman–Crippen LogP) is 1.94. The van der Waals surface area contributed by atoms with Crippen LogP contribution in [-0.4, -0.2) is 30.3 Å². The van der Waals surface area contributed by atoms with Gasteiger partial charge in [0.1, 0.15) is 0 Å². The Morgan fingerprint density at radius 1 is 1.56 bits per heavy atom. The zero-order valence-corrected chi connectivity index (χ0v) is 10.9. The average molecular weight is 225 g/mol. The zero-order valence-electron chi connectivity index (χ0n) is 10.9. The van der Waals surface area contributed by atoms with E-state index in [9.17, 15) is 0 Å². The molecule has 1 N–H and O–H groups in total. The highest BCUT2D eigenvalue weighted by Gasteiger charge is 2.24. The van der Waals surface area contributed by atoms with Crippen molar-refractivity contribution in [3.8, 4) is 0 Å². The topological polar surface area (TPSA) is 39.1 Å². The normalized spacial score (nSPS) is 14.1. The van der Waals surface area contributed by atoms with Crippen LogP contribution in [0.3, 0.4) is 0 Å². The fourth-order valence-electron chi connectivity index (χ4n) is 1.80. The van der Waals surface area contributed by atoms with E-state index < -0.39 is 0 Å². The predicted molar refractivity (Wildman–Crippen MR) is 65.5 cm³/mol. The van der Waals surface area contributed by atoms with Crippen LogP contribution < -0.4 is 5.32 Å². The summed E-state index contributed by atoms with van der Waals surface area (Å²) in [5.74, 6) is 0. The fourth-order valence-corrected chi connectivity index (χ4v) is 1.80. The Morgan fingerprint density at radius 3 is 2.75 bits per heavy atom. The van der Waals surface area contributed by atoms with Crippen molar-refractivity contribution in [2.24, 2.45) is 0 Å². The SMILES string of the molecule is CCC(COC)n1cncc1C(C)(C)NC. The van der Waals surface area contributed by atoms with Gasteiger partial charge in [0, 0.05) is 7.11 Å². The van der Waals surface area contributed by atoms with Crippen LogP contribution in [0, 0.1) is 0 Å². The molecule has 4 nitrogen and oxygen atoms in total. The van der Waals surface area contributed by atoms with Gasteiger partial charge < -0.3 is 14.6 Å². The van der Waals surface area contributed by atoms with Crippen molar-refractivity contribution in [3.05, 3.63) is 18.2 Å². The molecule has 0 aliphatic rings. The maximum absolute atomic E-state index is 5.25. The summed E-state index contributed by atoms with van der Waals surface area (Å²) in [5.41, 5.74) is 1.12. The van der Waals surface area contributed by atoms with Crippen molar-refractivity contribution in [1.29, 1.82) is 0 Å². The van der Waals surface area contributed by atoms with Crippen molar-refractivity contribution in [2.45, 2.75) is 38.8 Å². The lowest BCUT2D eigenvalue weighted by molar-refractivity contribution is 0.149. The number of aromatic nitrogens is 2. The summed E-state index contributed by atoms with van der Waals surface area (Å²) in [4.78, 5) is 4.25. The smallest absolute Gasteiger partial charge is 0.0952 e. The number of hydrogen-bond acceptors (Lipinski definition) is 3. The first-order chi connectivity index (χ1) is 7.56. The lowest BCUT2D eigenvalue weighted by Gasteiger charge is -2.28. The summed E-state index contributed by atoms with van der Waals surface area (Å²) in [6.45, 7) is 7.19. The van der Waals surface area contributed by atoms with Crippen molar-refractivity contribution in [2.75, 3.05) is 20.8 Å². The van der Waals surface area contributed by atoms with Gasteiger partial charge in [-0.3, -0.25) is 0 Å². The van der Waals surface area contributed by atoms with E-state index in [0.717, 1.165) is 13.0 Å². The molecule has 1 aromatic rings. The number of nitrogens with zero attached hydrogens (tertiary/aromatic N) is 2. The molecule has 0 aliphatic carbocycles. The van der Waals surface area contributed by atoms with Gasteiger partial charge in [0.2, 0.25) is 0 Å². The minimum atomic E-state index is -0.0718. The Hall–Kier alpha value is -0.870. The van der Waals surface area contributed by atoms with Crippen LogP contribution in [0.5, 0.6) is 0 Å². The number of imidazole rings is 1. The number of rotatable bonds is 6. The van der Waals surface area contributed by atoms with Crippen LogP contribution >= 0.6 is 0 Å². The second-order valence-corrected chi connectivity index (χ2v) is 4.58. The summed E-state index contributed by atoms with van der Waals surface area (Å²) in [5, 5.41) is 3.30. The van der Waals surface area contributed by atoms with E-state index in [4.69, 9.17) is 4.74 Å². The molecule has 16 heavy (non-hydrogen) atoms. The second-order valence-electron chi connectivity index (χ2n) is 4.58. The van der Waals surface area contributed by atoms with E-state index in [0.29, 0.717) is 6.04 Å². The van der Waals surface area contributed by atoms with Gasteiger partial charge in [-0.15, -0.1) is 0 Å². The molecule has 0 aliphatic heterocycles. The molecule has 1 unspecified atom stereocenters. The summed E-state index contributed by atoms with van der Waals surface area (Å²) in [6.07, 6.45) is 4.85. The number of methoxy groups -OCH3 is 1. The molecule has 4 heteroatoms. The second kappa shape index (κ2) is 5.46. The molecule has 1 aromatic heterocycles. The van der Waals surface area contributed by atoms with E-state index >= 15 is 0 Å². The van der Waals surface area contributed by atoms with Crippen molar-refractivity contribution in [3.63, 3.8) is 0 Å². The van der Waals surface area contributed by atoms with Gasteiger partial charge in [-0.1, -0.05) is 6.92 Å². The maximum atomic E-state index is 5.25. The van der Waals surface area contributed by atoms with Gasteiger partial charge in [-0.2, -0.15) is 0 Å². The zero-order chi connectivity index (χ0) is 12.2. The van der Waals surface area contributed by atoms with Crippen molar-refractivity contribution in [1.82, 2.24) is 14.9 Å². The van der Waals surface area contributed by atoms with E-state index in [1.165, 1.54) is 5.69 Å². The van der Waals surface area contributed by atoms with E-state index in [1.807, 2.05) is 19.6 Å². The first-order valence-corrected chi connectivity index (χ1v) is 5.77. The first kappa shape index (κ1) is 13.2. The highest BCUT2D eigenvalue weighted by atomic mass is 16.5. The van der Waals surface area contributed by atoms with Crippen LogP contribution in [0.1, 0.15) is 38.9 Å². The molecule has 0 bridgehead atoms. The summed E-state index contributed by atoms with van der Waals surface area (Å²) < 4.78 is 7.46. The Labute approximate surface area is 98.0 Å². The number of hydrogen-bond donors (Lipinski definition) is 1. The summed E-state index contributed by atoms with van der Waals surface area (Å²) in [7, 11) is 3.71. The van der Waals surface area contributed by atoms with Gasteiger partial charge >= 0.3 is 0 Å². The van der Waals surface area contributed by atoms with Crippen molar-refractivity contribution >= 4 is 0 Å². The van der Waals surface area contributed by atoms with Crippen LogP contribution in [0.25, 0.3) is 0 Å². The Balaban J connectivity index is 3.01. The molecule has 0 saturated carbocycles. The molecule has 0 fully saturated rings. The maximum Gasteiger partial charge on any atom is 0.0952 e. The number of ether oxygens (including phenoxy) is 1. The van der Waals surface area contributed by atoms with Crippen LogP contribution in [0.15, 0.2) is 12.5 Å². The average Bonchev–Trinajstić information content (AvgIpc) is 2.75.